The summed E-state index contributed by atoms with van der Waals surface area (Å²) < 4.78 is 5.49. The first kappa shape index (κ1) is 18.5. The number of ether oxygens (including phenoxy) is 1. The van der Waals surface area contributed by atoms with Crippen LogP contribution in [0, 0.1) is 6.92 Å². The molecule has 5 nitrogen and oxygen atoms in total. The first-order chi connectivity index (χ1) is 13.9. The molecule has 0 N–H and O–H groups in total. The van der Waals surface area contributed by atoms with Crippen LogP contribution in [-0.2, 0) is 15.0 Å². The fourth-order valence-corrected chi connectivity index (χ4v) is 5.02. The molecule has 2 bridgehead atoms. The lowest BCUT2D eigenvalue weighted by Gasteiger charge is -2.36. The van der Waals surface area contributed by atoms with E-state index in [1.165, 1.54) is 0 Å². The molecule has 5 rings (SSSR count). The van der Waals surface area contributed by atoms with Crippen LogP contribution in [0.15, 0.2) is 42.5 Å². The smallest absolute Gasteiger partial charge is 0.250 e. The molecule has 1 aliphatic carbocycles. The number of anilines is 1. The second-order valence-corrected chi connectivity index (χ2v) is 8.77. The van der Waals surface area contributed by atoms with Gasteiger partial charge < -0.3 is 14.5 Å². The first-order valence-electron chi connectivity index (χ1n) is 9.99. The van der Waals surface area contributed by atoms with E-state index in [1.54, 1.807) is 7.11 Å². The molecular formula is C23H23ClN2O3. The molecular weight excluding hydrogens is 388 g/mol. The zero-order valence-corrected chi connectivity index (χ0v) is 17.3. The van der Waals surface area contributed by atoms with Gasteiger partial charge in [0.2, 0.25) is 11.8 Å². The topological polar surface area (TPSA) is 49.9 Å². The van der Waals surface area contributed by atoms with Crippen molar-refractivity contribution in [2.24, 2.45) is 0 Å². The van der Waals surface area contributed by atoms with E-state index in [4.69, 9.17) is 16.3 Å². The maximum Gasteiger partial charge on any atom is 0.250 e. The van der Waals surface area contributed by atoms with E-state index in [-0.39, 0.29) is 23.9 Å². The summed E-state index contributed by atoms with van der Waals surface area (Å²) >= 11 is 6.01. The Hall–Kier alpha value is -2.53. The minimum absolute atomic E-state index is 0.00633. The van der Waals surface area contributed by atoms with E-state index in [2.05, 4.69) is 0 Å². The maximum absolute atomic E-state index is 13.5. The minimum atomic E-state index is -0.485. The highest BCUT2D eigenvalue weighted by molar-refractivity contribution is 6.30. The molecule has 2 amide bonds. The minimum Gasteiger partial charge on any atom is -0.495 e. The third kappa shape index (κ3) is 2.75. The quantitative estimate of drug-likeness (QED) is 0.772. The van der Waals surface area contributed by atoms with Crippen LogP contribution in [0.5, 0.6) is 5.75 Å². The maximum atomic E-state index is 13.5. The number of likely N-dealkylation sites (tertiary alicyclic amines) is 1. The highest BCUT2D eigenvalue weighted by atomic mass is 35.5. The van der Waals surface area contributed by atoms with E-state index >= 15 is 0 Å². The highest BCUT2D eigenvalue weighted by Gasteiger charge is 2.59. The molecule has 2 aromatic rings. The Morgan fingerprint density at radius 3 is 2.52 bits per heavy atom. The number of benzene rings is 2. The van der Waals surface area contributed by atoms with Gasteiger partial charge in [0.1, 0.15) is 11.8 Å². The van der Waals surface area contributed by atoms with Crippen LogP contribution in [0.3, 0.4) is 0 Å². The third-order valence-corrected chi connectivity index (χ3v) is 6.83. The van der Waals surface area contributed by atoms with Crippen LogP contribution in [0.1, 0.15) is 30.4 Å². The molecule has 3 fully saturated rings. The highest BCUT2D eigenvalue weighted by Crippen LogP contribution is 2.52. The number of hydrogen-bond acceptors (Lipinski definition) is 3. The van der Waals surface area contributed by atoms with Crippen molar-refractivity contribution in [3.8, 4) is 5.75 Å². The van der Waals surface area contributed by atoms with Crippen molar-refractivity contribution in [3.63, 3.8) is 0 Å². The van der Waals surface area contributed by atoms with Gasteiger partial charge in [-0.25, -0.2) is 0 Å². The van der Waals surface area contributed by atoms with Crippen molar-refractivity contribution in [3.05, 3.63) is 58.6 Å². The number of methoxy groups -OCH3 is 1. The average Bonchev–Trinajstić information content (AvgIpc) is 3.32. The Labute approximate surface area is 175 Å². The molecule has 0 radical (unpaired) electrons. The SMILES string of the molecule is COc1ccc(C)cc1N1C(=O)[C@@H]2C[C@H]1CN2C(=O)C1(c2ccc(Cl)cc2)CC1. The van der Waals surface area contributed by atoms with Crippen LogP contribution in [0.2, 0.25) is 5.02 Å². The van der Waals surface area contributed by atoms with Crippen molar-refractivity contribution in [1.29, 1.82) is 0 Å². The van der Waals surface area contributed by atoms with Gasteiger partial charge in [-0.2, -0.15) is 0 Å². The fourth-order valence-electron chi connectivity index (χ4n) is 4.90. The number of aryl methyl sites for hydroxylation is 1. The monoisotopic (exact) mass is 410 g/mol. The zero-order chi connectivity index (χ0) is 20.3. The number of fused-ring (bicyclic) bond motifs is 2. The van der Waals surface area contributed by atoms with Gasteiger partial charge in [-0.15, -0.1) is 0 Å². The second kappa shape index (κ2) is 6.49. The van der Waals surface area contributed by atoms with E-state index in [0.717, 1.165) is 29.7 Å². The molecule has 0 spiro atoms. The molecule has 3 aliphatic rings. The summed E-state index contributed by atoms with van der Waals surface area (Å²) in [6, 6.07) is 13.0. The summed E-state index contributed by atoms with van der Waals surface area (Å²) in [6.07, 6.45) is 2.33. The van der Waals surface area contributed by atoms with Crippen molar-refractivity contribution in [2.45, 2.75) is 43.7 Å². The Balaban J connectivity index is 1.41. The molecule has 1 saturated carbocycles. The van der Waals surface area contributed by atoms with Gasteiger partial charge in [0.05, 0.1) is 24.3 Å². The van der Waals surface area contributed by atoms with Gasteiger partial charge >= 0.3 is 0 Å². The number of piperazine rings is 1. The normalized spacial score (nSPS) is 24.2. The van der Waals surface area contributed by atoms with Crippen molar-refractivity contribution in [1.82, 2.24) is 4.90 Å². The first-order valence-corrected chi connectivity index (χ1v) is 10.4. The number of nitrogens with zero attached hydrogens (tertiary/aromatic N) is 2. The Morgan fingerprint density at radius 1 is 1.17 bits per heavy atom. The summed E-state index contributed by atoms with van der Waals surface area (Å²) in [5, 5.41) is 0.662. The summed E-state index contributed by atoms with van der Waals surface area (Å²) in [5.41, 5.74) is 2.39. The second-order valence-electron chi connectivity index (χ2n) is 8.34. The Bertz CT molecular complexity index is 1000. The lowest BCUT2D eigenvalue weighted by atomic mass is 9.94. The summed E-state index contributed by atoms with van der Waals surface area (Å²) in [4.78, 5) is 30.4. The molecule has 2 aromatic carbocycles. The molecule has 29 heavy (non-hydrogen) atoms. The van der Waals surface area contributed by atoms with Crippen molar-refractivity contribution >= 4 is 29.1 Å². The van der Waals surface area contributed by atoms with E-state index < -0.39 is 5.41 Å². The molecule has 150 valence electrons. The number of halogens is 1. The largest absolute Gasteiger partial charge is 0.495 e. The van der Waals surface area contributed by atoms with Crippen molar-refractivity contribution < 1.29 is 14.3 Å². The van der Waals surface area contributed by atoms with Crippen LogP contribution in [-0.4, -0.2) is 42.5 Å². The fraction of sp³-hybridized carbons (Fsp3) is 0.391. The lowest BCUT2D eigenvalue weighted by molar-refractivity contribution is -0.140. The molecule has 0 aromatic heterocycles. The number of carbonyl (C=O) groups excluding carboxylic acids is 2. The van der Waals surface area contributed by atoms with Gasteiger partial charge in [-0.1, -0.05) is 29.8 Å². The van der Waals surface area contributed by atoms with E-state index in [0.29, 0.717) is 23.7 Å². The number of rotatable bonds is 4. The Kier molecular flexibility index (Phi) is 4.14. The molecule has 2 atom stereocenters. The molecule has 0 unspecified atom stereocenters. The van der Waals surface area contributed by atoms with E-state index in [9.17, 15) is 9.59 Å². The van der Waals surface area contributed by atoms with Gasteiger partial charge in [0.15, 0.2) is 0 Å². The third-order valence-electron chi connectivity index (χ3n) is 6.58. The van der Waals surface area contributed by atoms with Crippen LogP contribution in [0.25, 0.3) is 0 Å². The predicted octanol–water partition coefficient (Wildman–Crippen LogP) is 3.70. The van der Waals surface area contributed by atoms with Crippen LogP contribution in [0.4, 0.5) is 5.69 Å². The van der Waals surface area contributed by atoms with Crippen molar-refractivity contribution in [2.75, 3.05) is 18.6 Å². The number of carbonyl (C=O) groups is 2. The van der Waals surface area contributed by atoms with Crippen LogP contribution < -0.4 is 9.64 Å². The Morgan fingerprint density at radius 2 is 1.90 bits per heavy atom. The predicted molar refractivity (Wildman–Crippen MR) is 111 cm³/mol. The summed E-state index contributed by atoms with van der Waals surface area (Å²) in [5.74, 6) is 0.760. The number of hydrogen-bond donors (Lipinski definition) is 0. The summed E-state index contributed by atoms with van der Waals surface area (Å²) in [7, 11) is 1.62. The van der Waals surface area contributed by atoms with Gasteiger partial charge in [-0.05, 0) is 61.6 Å². The zero-order valence-electron chi connectivity index (χ0n) is 16.5. The molecule has 2 heterocycles. The van der Waals surface area contributed by atoms with E-state index in [1.807, 2.05) is 59.2 Å². The van der Waals surface area contributed by atoms with Gasteiger partial charge in [0, 0.05) is 11.6 Å². The standard InChI is InChI=1S/C23H23ClN2O3/c1-14-3-8-20(29-2)18(11-14)26-17-12-19(21(26)27)25(13-17)22(28)23(9-10-23)15-4-6-16(24)7-5-15/h3-8,11,17,19H,9-10,12-13H2,1-2H3/t17-,19-/m0/s1. The number of amides is 2. The average molecular weight is 411 g/mol. The van der Waals surface area contributed by atoms with Crippen LogP contribution >= 0.6 is 11.6 Å². The summed E-state index contributed by atoms with van der Waals surface area (Å²) in [6.45, 7) is 2.57. The van der Waals surface area contributed by atoms with Gasteiger partial charge in [-0.3, -0.25) is 9.59 Å². The lowest BCUT2D eigenvalue weighted by Crippen LogP contribution is -2.54. The molecule has 2 saturated heterocycles. The molecule has 6 heteroatoms. The molecule has 2 aliphatic heterocycles. The van der Waals surface area contributed by atoms with Gasteiger partial charge in [0.25, 0.3) is 0 Å².